The number of nitrogens with zero attached hydrogens (tertiary/aromatic N) is 2. The second-order valence-electron chi connectivity index (χ2n) is 4.35. The Balaban J connectivity index is 2.42. The van der Waals surface area contributed by atoms with Crippen molar-refractivity contribution in [3.63, 3.8) is 0 Å². The first-order chi connectivity index (χ1) is 9.86. The number of aryl methyl sites for hydroxylation is 1. The Morgan fingerprint density at radius 3 is 2.71 bits per heavy atom. The van der Waals surface area contributed by atoms with Gasteiger partial charge in [-0.05, 0) is 6.07 Å². The van der Waals surface area contributed by atoms with Crippen molar-refractivity contribution < 1.29 is 17.5 Å². The van der Waals surface area contributed by atoms with Crippen LogP contribution in [0.15, 0.2) is 29.4 Å². The lowest BCUT2D eigenvalue weighted by molar-refractivity contribution is 0.383. The molecule has 0 bridgehead atoms. The molecular weight excluding hydrogens is 319 g/mol. The number of ether oxygens (including phenoxy) is 1. The molecular formula is C13H14ClFN2O3S. The van der Waals surface area contributed by atoms with Crippen molar-refractivity contribution in [2.24, 2.45) is 0 Å². The molecule has 0 spiro atoms. The Morgan fingerprint density at radius 1 is 1.43 bits per heavy atom. The molecule has 0 saturated carbocycles. The van der Waals surface area contributed by atoms with Crippen LogP contribution in [0.5, 0.6) is 5.75 Å². The van der Waals surface area contributed by atoms with Gasteiger partial charge in [0, 0.05) is 28.9 Å². The fourth-order valence-corrected chi connectivity index (χ4v) is 2.67. The Hall–Kier alpha value is -1.60. The molecule has 0 aliphatic rings. The summed E-state index contributed by atoms with van der Waals surface area (Å²) in [6, 6.07) is 4.79. The van der Waals surface area contributed by atoms with Gasteiger partial charge in [-0.15, -0.1) is 0 Å². The highest BCUT2D eigenvalue weighted by Crippen LogP contribution is 2.22. The predicted octanol–water partition coefficient (Wildman–Crippen LogP) is 2.57. The minimum Gasteiger partial charge on any atom is -0.494 e. The van der Waals surface area contributed by atoms with Crippen LogP contribution in [0.1, 0.15) is 18.3 Å². The second kappa shape index (κ2) is 6.03. The average Bonchev–Trinajstić information content (AvgIpc) is 2.84. The normalized spacial score (nSPS) is 11.6. The van der Waals surface area contributed by atoms with E-state index in [9.17, 15) is 12.8 Å². The van der Waals surface area contributed by atoms with Gasteiger partial charge in [0.2, 0.25) is 0 Å². The third-order valence-electron chi connectivity index (χ3n) is 3.01. The molecule has 2 rings (SSSR count). The summed E-state index contributed by atoms with van der Waals surface area (Å²) in [5, 5.41) is -0.232. The van der Waals surface area contributed by atoms with E-state index in [0.29, 0.717) is 17.8 Å². The zero-order valence-corrected chi connectivity index (χ0v) is 13.1. The molecule has 1 aromatic carbocycles. The van der Waals surface area contributed by atoms with Crippen molar-refractivity contribution in [3.8, 4) is 5.75 Å². The molecule has 0 fully saturated rings. The first-order valence-electron chi connectivity index (χ1n) is 6.19. The molecule has 0 atom stereocenters. The maximum atomic E-state index is 14.1. The molecule has 1 aromatic heterocycles. The highest BCUT2D eigenvalue weighted by atomic mass is 35.7. The van der Waals surface area contributed by atoms with E-state index in [0.717, 1.165) is 0 Å². The first-order valence-corrected chi connectivity index (χ1v) is 8.49. The van der Waals surface area contributed by atoms with Gasteiger partial charge in [-0.1, -0.05) is 19.1 Å². The summed E-state index contributed by atoms with van der Waals surface area (Å²) in [6.45, 7) is 1.97. The van der Waals surface area contributed by atoms with Crippen molar-refractivity contribution in [3.05, 3.63) is 41.6 Å². The summed E-state index contributed by atoms with van der Waals surface area (Å²) in [4.78, 5) is 3.96. The Morgan fingerprint density at radius 2 is 2.14 bits per heavy atom. The fourth-order valence-electron chi connectivity index (χ4n) is 1.98. The van der Waals surface area contributed by atoms with E-state index in [1.54, 1.807) is 16.7 Å². The van der Waals surface area contributed by atoms with Crippen LogP contribution in [-0.4, -0.2) is 25.1 Å². The van der Waals surface area contributed by atoms with Gasteiger partial charge in [-0.2, -0.15) is 0 Å². The van der Waals surface area contributed by atoms with Gasteiger partial charge < -0.3 is 9.30 Å². The van der Waals surface area contributed by atoms with Gasteiger partial charge in [0.05, 0.1) is 13.7 Å². The number of methoxy groups -OCH3 is 1. The number of aromatic nitrogens is 2. The van der Waals surface area contributed by atoms with Crippen molar-refractivity contribution in [2.45, 2.75) is 24.9 Å². The molecule has 114 valence electrons. The van der Waals surface area contributed by atoms with E-state index < -0.39 is 14.9 Å². The van der Waals surface area contributed by atoms with Crippen molar-refractivity contribution in [1.29, 1.82) is 0 Å². The largest absolute Gasteiger partial charge is 0.494 e. The number of halogens is 2. The quantitative estimate of drug-likeness (QED) is 0.789. The molecule has 0 aliphatic carbocycles. The standard InChI is InChI=1S/C13H14ClFN2O3S/c1-3-11-16-12(21(14,18)19)8-17(11)7-9-5-4-6-10(20-2)13(9)15/h4-6,8H,3,7H2,1-2H3. The molecule has 1 heterocycles. The third kappa shape index (κ3) is 3.36. The van der Waals surface area contributed by atoms with Crippen molar-refractivity contribution in [1.82, 2.24) is 9.55 Å². The number of benzene rings is 1. The topological polar surface area (TPSA) is 61.2 Å². The molecule has 0 N–H and O–H groups in total. The molecule has 2 aromatic rings. The van der Waals surface area contributed by atoms with Gasteiger partial charge in [0.1, 0.15) is 5.82 Å². The lowest BCUT2D eigenvalue weighted by atomic mass is 10.2. The smallest absolute Gasteiger partial charge is 0.280 e. The van der Waals surface area contributed by atoms with Gasteiger partial charge >= 0.3 is 0 Å². The van der Waals surface area contributed by atoms with Crippen LogP contribution in [0.2, 0.25) is 0 Å². The van der Waals surface area contributed by atoms with Crippen LogP contribution in [0.3, 0.4) is 0 Å². The SMILES string of the molecule is CCc1nc(S(=O)(=O)Cl)cn1Cc1cccc(OC)c1F. The number of hydrogen-bond acceptors (Lipinski definition) is 4. The minimum atomic E-state index is -3.91. The maximum absolute atomic E-state index is 14.1. The highest BCUT2D eigenvalue weighted by Gasteiger charge is 2.18. The number of hydrogen-bond donors (Lipinski definition) is 0. The Kier molecular flexibility index (Phi) is 4.53. The summed E-state index contributed by atoms with van der Waals surface area (Å²) in [6.07, 6.45) is 1.80. The highest BCUT2D eigenvalue weighted by molar-refractivity contribution is 8.13. The van der Waals surface area contributed by atoms with Gasteiger partial charge in [0.15, 0.2) is 16.6 Å². The zero-order chi connectivity index (χ0) is 15.6. The van der Waals surface area contributed by atoms with Crippen LogP contribution in [0, 0.1) is 5.82 Å². The average molecular weight is 333 g/mol. The molecule has 8 heteroatoms. The molecule has 0 amide bonds. The summed E-state index contributed by atoms with van der Waals surface area (Å²) < 4.78 is 43.3. The van der Waals surface area contributed by atoms with Crippen molar-refractivity contribution >= 4 is 19.7 Å². The van der Waals surface area contributed by atoms with E-state index in [1.165, 1.54) is 19.4 Å². The maximum Gasteiger partial charge on any atom is 0.280 e. The molecule has 0 radical (unpaired) electrons. The molecule has 0 unspecified atom stereocenters. The summed E-state index contributed by atoms with van der Waals surface area (Å²) in [5.74, 6) is 0.165. The van der Waals surface area contributed by atoms with E-state index in [4.69, 9.17) is 15.4 Å². The fraction of sp³-hybridized carbons (Fsp3) is 0.308. The minimum absolute atomic E-state index is 0.135. The first kappa shape index (κ1) is 15.8. The lowest BCUT2D eigenvalue weighted by Gasteiger charge is -2.09. The Bertz CT molecular complexity index is 759. The van der Waals surface area contributed by atoms with Gasteiger partial charge in [-0.3, -0.25) is 0 Å². The molecule has 0 aliphatic heterocycles. The monoisotopic (exact) mass is 332 g/mol. The van der Waals surface area contributed by atoms with E-state index >= 15 is 0 Å². The summed E-state index contributed by atoms with van der Waals surface area (Å²) in [7, 11) is 2.76. The zero-order valence-electron chi connectivity index (χ0n) is 11.5. The molecule has 5 nitrogen and oxygen atoms in total. The summed E-state index contributed by atoms with van der Waals surface area (Å²) in [5.41, 5.74) is 0.375. The van der Waals surface area contributed by atoms with Crippen LogP contribution in [0.4, 0.5) is 4.39 Å². The van der Waals surface area contributed by atoms with Crippen LogP contribution in [0.25, 0.3) is 0 Å². The number of rotatable bonds is 5. The van der Waals surface area contributed by atoms with Crippen LogP contribution in [-0.2, 0) is 22.0 Å². The van der Waals surface area contributed by atoms with Gasteiger partial charge in [-0.25, -0.2) is 17.8 Å². The third-order valence-corrected chi connectivity index (χ3v) is 4.18. The van der Waals surface area contributed by atoms with E-state index in [2.05, 4.69) is 4.98 Å². The second-order valence-corrected chi connectivity index (χ2v) is 6.86. The molecule has 0 saturated heterocycles. The predicted molar refractivity (Wildman–Crippen MR) is 76.7 cm³/mol. The molecule has 21 heavy (non-hydrogen) atoms. The lowest BCUT2D eigenvalue weighted by Crippen LogP contribution is -2.05. The number of imidazole rings is 1. The summed E-state index contributed by atoms with van der Waals surface area (Å²) >= 11 is 0. The Labute approximate surface area is 126 Å². The van der Waals surface area contributed by atoms with Crippen LogP contribution < -0.4 is 4.74 Å². The van der Waals surface area contributed by atoms with Crippen LogP contribution >= 0.6 is 10.7 Å². The van der Waals surface area contributed by atoms with Gasteiger partial charge in [0.25, 0.3) is 9.05 Å². The van der Waals surface area contributed by atoms with E-state index in [1.807, 2.05) is 6.92 Å². The van der Waals surface area contributed by atoms with Crippen molar-refractivity contribution in [2.75, 3.05) is 7.11 Å². The van der Waals surface area contributed by atoms with E-state index in [-0.39, 0.29) is 17.3 Å².